The third-order valence-electron chi connectivity index (χ3n) is 3.59. The van der Waals surface area contributed by atoms with Gasteiger partial charge in [0.15, 0.2) is 5.69 Å². The Morgan fingerprint density at radius 1 is 1.25 bits per heavy atom. The van der Waals surface area contributed by atoms with Crippen molar-refractivity contribution in [2.45, 2.75) is 32.6 Å². The number of ether oxygens (including phenoxy) is 1. The third kappa shape index (κ3) is 2.59. The summed E-state index contributed by atoms with van der Waals surface area (Å²) in [5.41, 5.74) is 2.37. The first kappa shape index (κ1) is 14.3. The lowest BCUT2D eigenvalue weighted by Gasteiger charge is -2.17. The molecule has 20 heavy (non-hydrogen) atoms. The highest BCUT2D eigenvalue weighted by Gasteiger charge is 2.24. The molecule has 0 N–H and O–H groups in total. The zero-order chi connectivity index (χ0) is 14.5. The fourth-order valence-electron chi connectivity index (χ4n) is 2.47. The Bertz CT molecular complexity index is 571. The van der Waals surface area contributed by atoms with E-state index in [1.807, 2.05) is 34.9 Å². The van der Waals surface area contributed by atoms with Crippen molar-refractivity contribution in [1.82, 2.24) is 9.55 Å². The van der Waals surface area contributed by atoms with Gasteiger partial charge in [0, 0.05) is 11.6 Å². The van der Waals surface area contributed by atoms with Gasteiger partial charge in [-0.1, -0.05) is 32.0 Å². The number of hydrogen-bond acceptors (Lipinski definition) is 3. The van der Waals surface area contributed by atoms with Crippen molar-refractivity contribution < 1.29 is 9.53 Å². The molecule has 1 aromatic carbocycles. The third-order valence-corrected chi connectivity index (χ3v) is 3.59. The van der Waals surface area contributed by atoms with Crippen molar-refractivity contribution in [3.05, 3.63) is 48.0 Å². The zero-order valence-electron chi connectivity index (χ0n) is 12.2. The second-order valence-electron chi connectivity index (χ2n) is 4.69. The van der Waals surface area contributed by atoms with E-state index in [4.69, 9.17) is 4.74 Å². The lowest BCUT2D eigenvalue weighted by atomic mass is 9.97. The molecule has 0 atom stereocenters. The number of carbonyl (C=O) groups excluding carboxylic acids is 1. The smallest absolute Gasteiger partial charge is 0.358 e. The van der Waals surface area contributed by atoms with Crippen molar-refractivity contribution in [1.29, 1.82) is 0 Å². The molecule has 0 spiro atoms. The summed E-state index contributed by atoms with van der Waals surface area (Å²) in [6, 6.07) is 9.94. The van der Waals surface area contributed by atoms with Crippen molar-refractivity contribution in [2.24, 2.45) is 0 Å². The molecule has 1 aromatic heterocycles. The van der Waals surface area contributed by atoms with Crippen LogP contribution in [0.4, 0.5) is 0 Å². The number of aromatic nitrogens is 2. The van der Waals surface area contributed by atoms with E-state index < -0.39 is 0 Å². The largest absolute Gasteiger partial charge is 0.464 e. The molecule has 1 heterocycles. The van der Waals surface area contributed by atoms with Gasteiger partial charge in [0.25, 0.3) is 0 Å². The monoisotopic (exact) mass is 272 g/mol. The van der Waals surface area contributed by atoms with Gasteiger partial charge in [-0.05, 0) is 25.0 Å². The van der Waals surface area contributed by atoms with Gasteiger partial charge in [-0.15, -0.1) is 0 Å². The van der Waals surface area contributed by atoms with Crippen LogP contribution in [0.15, 0.2) is 36.7 Å². The molecule has 0 saturated carbocycles. The van der Waals surface area contributed by atoms with Crippen LogP contribution in [0.25, 0.3) is 5.69 Å². The number of benzene rings is 1. The number of nitrogens with zero attached hydrogens (tertiary/aromatic N) is 2. The molecule has 2 rings (SSSR count). The summed E-state index contributed by atoms with van der Waals surface area (Å²) in [5, 5.41) is 0. The number of hydrogen-bond donors (Lipinski definition) is 0. The Balaban J connectivity index is 2.58. The van der Waals surface area contributed by atoms with Crippen LogP contribution in [0.1, 0.15) is 48.8 Å². The molecule has 4 nitrogen and oxygen atoms in total. The summed E-state index contributed by atoms with van der Waals surface area (Å²) in [6.07, 6.45) is 3.62. The van der Waals surface area contributed by atoms with Gasteiger partial charge in [-0.2, -0.15) is 0 Å². The maximum Gasteiger partial charge on any atom is 0.358 e. The number of carbonyl (C=O) groups is 1. The fourth-order valence-corrected chi connectivity index (χ4v) is 2.47. The van der Waals surface area contributed by atoms with E-state index in [2.05, 4.69) is 18.8 Å². The molecular formula is C16H20N2O2. The molecule has 0 aliphatic rings. The molecule has 0 radical (unpaired) electrons. The first-order valence-corrected chi connectivity index (χ1v) is 6.93. The minimum atomic E-state index is -0.374. The zero-order valence-corrected chi connectivity index (χ0v) is 12.2. The number of esters is 1. The second kappa shape index (κ2) is 6.37. The lowest BCUT2D eigenvalue weighted by Crippen LogP contribution is -2.12. The Morgan fingerprint density at radius 3 is 2.45 bits per heavy atom. The van der Waals surface area contributed by atoms with Gasteiger partial charge < -0.3 is 9.30 Å². The van der Waals surface area contributed by atoms with Gasteiger partial charge >= 0.3 is 5.97 Å². The Morgan fingerprint density at radius 2 is 1.90 bits per heavy atom. The van der Waals surface area contributed by atoms with Crippen LogP contribution in [-0.4, -0.2) is 22.6 Å². The topological polar surface area (TPSA) is 44.1 Å². The van der Waals surface area contributed by atoms with E-state index in [1.165, 1.54) is 7.11 Å². The van der Waals surface area contributed by atoms with Gasteiger partial charge in [0.05, 0.1) is 12.8 Å². The average Bonchev–Trinajstić information content (AvgIpc) is 2.93. The van der Waals surface area contributed by atoms with Crippen LogP contribution in [0.5, 0.6) is 0 Å². The SMILES string of the molecule is CCC(CC)c1c(C(=O)OC)ncn1-c1ccccc1. The van der Waals surface area contributed by atoms with Gasteiger partial charge in [0.1, 0.15) is 6.33 Å². The molecule has 0 saturated heterocycles. The van der Waals surface area contributed by atoms with Crippen LogP contribution in [0.2, 0.25) is 0 Å². The van der Waals surface area contributed by atoms with E-state index in [0.717, 1.165) is 24.2 Å². The summed E-state index contributed by atoms with van der Waals surface area (Å²) in [6.45, 7) is 4.25. The van der Waals surface area contributed by atoms with E-state index in [1.54, 1.807) is 6.33 Å². The van der Waals surface area contributed by atoms with Gasteiger partial charge in [0.2, 0.25) is 0 Å². The first-order valence-electron chi connectivity index (χ1n) is 6.93. The molecule has 0 amide bonds. The van der Waals surface area contributed by atoms with E-state index in [0.29, 0.717) is 5.69 Å². The Hall–Kier alpha value is -2.10. The highest BCUT2D eigenvalue weighted by molar-refractivity contribution is 5.88. The lowest BCUT2D eigenvalue weighted by molar-refractivity contribution is 0.0592. The van der Waals surface area contributed by atoms with Crippen LogP contribution < -0.4 is 0 Å². The van der Waals surface area contributed by atoms with E-state index in [9.17, 15) is 4.79 Å². The van der Waals surface area contributed by atoms with Crippen molar-refractivity contribution in [3.63, 3.8) is 0 Å². The molecule has 2 aromatic rings. The quantitative estimate of drug-likeness (QED) is 0.782. The number of para-hydroxylation sites is 1. The first-order chi connectivity index (χ1) is 9.72. The second-order valence-corrected chi connectivity index (χ2v) is 4.69. The highest BCUT2D eigenvalue weighted by atomic mass is 16.5. The van der Waals surface area contributed by atoms with Crippen LogP contribution >= 0.6 is 0 Å². The van der Waals surface area contributed by atoms with Gasteiger partial charge in [-0.3, -0.25) is 0 Å². The molecule has 0 aliphatic carbocycles. The molecule has 0 bridgehead atoms. The minimum Gasteiger partial charge on any atom is -0.464 e. The predicted molar refractivity (Wildman–Crippen MR) is 78.2 cm³/mol. The van der Waals surface area contributed by atoms with E-state index in [-0.39, 0.29) is 11.9 Å². The summed E-state index contributed by atoms with van der Waals surface area (Å²) < 4.78 is 6.84. The summed E-state index contributed by atoms with van der Waals surface area (Å²) in [4.78, 5) is 16.2. The average molecular weight is 272 g/mol. The molecular weight excluding hydrogens is 252 g/mol. The molecule has 0 unspecified atom stereocenters. The minimum absolute atomic E-state index is 0.284. The Labute approximate surface area is 119 Å². The van der Waals surface area contributed by atoms with E-state index >= 15 is 0 Å². The van der Waals surface area contributed by atoms with Crippen LogP contribution in [0.3, 0.4) is 0 Å². The normalized spacial score (nSPS) is 10.8. The Kier molecular flexibility index (Phi) is 4.56. The standard InChI is InChI=1S/C16H20N2O2/c1-4-12(5-2)15-14(16(19)20-3)17-11-18(15)13-9-7-6-8-10-13/h6-12H,4-5H2,1-3H3. The van der Waals surface area contributed by atoms with Crippen LogP contribution in [0, 0.1) is 0 Å². The van der Waals surface area contributed by atoms with Crippen molar-refractivity contribution >= 4 is 5.97 Å². The van der Waals surface area contributed by atoms with Crippen molar-refractivity contribution in [3.8, 4) is 5.69 Å². The highest BCUT2D eigenvalue weighted by Crippen LogP contribution is 2.28. The summed E-state index contributed by atoms with van der Waals surface area (Å²) in [7, 11) is 1.39. The fraction of sp³-hybridized carbons (Fsp3) is 0.375. The molecule has 106 valence electrons. The molecule has 0 aliphatic heterocycles. The van der Waals surface area contributed by atoms with Gasteiger partial charge in [-0.25, -0.2) is 9.78 Å². The number of methoxy groups -OCH3 is 1. The maximum atomic E-state index is 11.9. The van der Waals surface area contributed by atoms with Crippen molar-refractivity contribution in [2.75, 3.05) is 7.11 Å². The van der Waals surface area contributed by atoms with Crippen LogP contribution in [-0.2, 0) is 4.74 Å². The number of rotatable bonds is 5. The number of imidazole rings is 1. The summed E-state index contributed by atoms with van der Waals surface area (Å²) >= 11 is 0. The summed E-state index contributed by atoms with van der Waals surface area (Å²) in [5.74, 6) is -0.0895. The predicted octanol–water partition coefficient (Wildman–Crippen LogP) is 3.56. The molecule has 0 fully saturated rings. The molecule has 4 heteroatoms. The maximum absolute atomic E-state index is 11.9.